The Kier molecular flexibility index (Phi) is 6.16. The number of nitrogens with zero attached hydrogens (tertiary/aromatic N) is 1. The maximum absolute atomic E-state index is 12.1. The minimum atomic E-state index is -2.89. The highest BCUT2D eigenvalue weighted by atomic mass is 31.2. The van der Waals surface area contributed by atoms with E-state index in [-0.39, 0.29) is 5.29 Å². The van der Waals surface area contributed by atoms with Crippen LogP contribution in [-0.2, 0) is 32.8 Å². The van der Waals surface area contributed by atoms with Crippen LogP contribution in [0.3, 0.4) is 0 Å². The maximum atomic E-state index is 12.1. The summed E-state index contributed by atoms with van der Waals surface area (Å²) >= 11 is 0. The van der Waals surface area contributed by atoms with Crippen LogP contribution in [0.25, 0.3) is 0 Å². The molecule has 0 aliphatic carbocycles. The van der Waals surface area contributed by atoms with Crippen molar-refractivity contribution in [1.82, 2.24) is 4.67 Å². The first-order valence-corrected chi connectivity index (χ1v) is 7.44. The Hall–Kier alpha value is -0.920. The molecule has 0 aromatic heterocycles. The van der Waals surface area contributed by atoms with Crippen molar-refractivity contribution in [3.8, 4) is 0 Å². The van der Waals surface area contributed by atoms with Crippen LogP contribution in [0.5, 0.6) is 0 Å². The maximum Gasteiger partial charge on any atom is 0.343 e. The molecule has 0 N–H and O–H groups in total. The SMILES string of the molecule is COC(=O)C(C(OC)C(=O)OC)=P1(N(C)C)OCCO1. The second kappa shape index (κ2) is 7.19. The lowest BCUT2D eigenvalue weighted by molar-refractivity contribution is -0.149. The molecule has 0 radical (unpaired) electrons. The lowest BCUT2D eigenvalue weighted by Crippen LogP contribution is -2.41. The average Bonchev–Trinajstić information content (AvgIpc) is 2.93. The van der Waals surface area contributed by atoms with Gasteiger partial charge in [-0.2, -0.15) is 0 Å². The van der Waals surface area contributed by atoms with Gasteiger partial charge in [0.05, 0.1) is 27.4 Å². The monoisotopic (exact) mass is 309 g/mol. The number of esters is 2. The van der Waals surface area contributed by atoms with Gasteiger partial charge in [-0.15, -0.1) is 0 Å². The first-order valence-electron chi connectivity index (χ1n) is 5.86. The summed E-state index contributed by atoms with van der Waals surface area (Å²) in [7, 11) is 4.23. The second-order valence-electron chi connectivity index (χ2n) is 4.05. The van der Waals surface area contributed by atoms with Crippen molar-refractivity contribution in [2.24, 2.45) is 0 Å². The van der Waals surface area contributed by atoms with E-state index < -0.39 is 25.5 Å². The number of methoxy groups -OCH3 is 3. The zero-order valence-electron chi connectivity index (χ0n) is 12.2. The molecule has 0 saturated carbocycles. The standard InChI is InChI=1S/C11H20NO7P/c1-12(2)20(18-6-7-19-20)9(11(14)17-5)8(15-3)10(13)16-4/h8H,6-7H2,1-5H3. The Labute approximate surface area is 118 Å². The molecule has 20 heavy (non-hydrogen) atoms. The number of carbonyl (C=O) groups excluding carboxylic acids is 2. The molecule has 1 saturated heterocycles. The van der Waals surface area contributed by atoms with E-state index in [4.69, 9.17) is 18.5 Å². The molecule has 9 heteroatoms. The number of rotatable bonds is 5. The largest absolute Gasteiger partial charge is 0.467 e. The van der Waals surface area contributed by atoms with Gasteiger partial charge in [0.25, 0.3) is 0 Å². The molecule has 116 valence electrons. The fourth-order valence-electron chi connectivity index (χ4n) is 1.85. The van der Waals surface area contributed by atoms with Crippen molar-refractivity contribution in [2.45, 2.75) is 6.10 Å². The van der Waals surface area contributed by atoms with Crippen LogP contribution in [0.2, 0.25) is 0 Å². The summed E-state index contributed by atoms with van der Waals surface area (Å²) in [5.41, 5.74) is 0. The highest BCUT2D eigenvalue weighted by Gasteiger charge is 2.44. The molecule has 1 aliphatic heterocycles. The summed E-state index contributed by atoms with van der Waals surface area (Å²) in [6.45, 7) is 0.647. The summed E-state index contributed by atoms with van der Waals surface area (Å²) in [5.74, 6) is -1.43. The quantitative estimate of drug-likeness (QED) is 0.514. The fraction of sp³-hybridized carbons (Fsp3) is 0.727. The zero-order chi connectivity index (χ0) is 15.3. The molecule has 0 aromatic rings. The van der Waals surface area contributed by atoms with Gasteiger partial charge in [0.2, 0.25) is 7.49 Å². The summed E-state index contributed by atoms with van der Waals surface area (Å²) in [4.78, 5) is 24.0. The van der Waals surface area contributed by atoms with Crippen molar-refractivity contribution in [2.75, 3.05) is 48.6 Å². The molecular formula is C11H20NO7P. The lowest BCUT2D eigenvalue weighted by Gasteiger charge is -2.30. The topological polar surface area (TPSA) is 83.5 Å². The predicted molar refractivity (Wildman–Crippen MR) is 72.3 cm³/mol. The van der Waals surface area contributed by atoms with Gasteiger partial charge < -0.3 is 23.3 Å². The first kappa shape index (κ1) is 17.1. The number of ether oxygens (including phenoxy) is 3. The third-order valence-electron chi connectivity index (χ3n) is 2.74. The smallest absolute Gasteiger partial charge is 0.343 e. The third kappa shape index (κ3) is 3.05. The fourth-order valence-corrected chi connectivity index (χ4v) is 4.57. The molecule has 1 aliphatic rings. The van der Waals surface area contributed by atoms with Crippen molar-refractivity contribution in [3.05, 3.63) is 0 Å². The molecule has 1 heterocycles. The van der Waals surface area contributed by atoms with Gasteiger partial charge in [-0.25, -0.2) is 14.3 Å². The summed E-state index contributed by atoms with van der Waals surface area (Å²) in [6, 6.07) is 0. The highest BCUT2D eigenvalue weighted by Crippen LogP contribution is 2.57. The Bertz CT molecular complexity index is 424. The van der Waals surface area contributed by atoms with E-state index in [1.165, 1.54) is 21.3 Å². The van der Waals surface area contributed by atoms with E-state index in [0.717, 1.165) is 0 Å². The van der Waals surface area contributed by atoms with E-state index in [0.29, 0.717) is 13.2 Å². The molecule has 1 atom stereocenters. The van der Waals surface area contributed by atoms with E-state index in [9.17, 15) is 9.59 Å². The Morgan fingerprint density at radius 2 is 1.65 bits per heavy atom. The highest BCUT2D eigenvalue weighted by molar-refractivity contribution is 7.67. The van der Waals surface area contributed by atoms with Gasteiger partial charge in [-0.1, -0.05) is 0 Å². The molecule has 0 bridgehead atoms. The first-order chi connectivity index (χ1) is 9.44. The van der Waals surface area contributed by atoms with Crippen molar-refractivity contribution >= 4 is 24.7 Å². The molecule has 1 rings (SSSR count). The van der Waals surface area contributed by atoms with E-state index in [2.05, 4.69) is 4.74 Å². The van der Waals surface area contributed by atoms with Crippen LogP contribution < -0.4 is 0 Å². The summed E-state index contributed by atoms with van der Waals surface area (Å²) in [6.07, 6.45) is -1.23. The zero-order valence-corrected chi connectivity index (χ0v) is 13.1. The molecule has 0 aromatic carbocycles. The van der Waals surface area contributed by atoms with E-state index >= 15 is 0 Å². The average molecular weight is 309 g/mol. The normalized spacial score (nSPS) is 18.7. The Balaban J connectivity index is 3.51. The number of hydrogen-bond donors (Lipinski definition) is 0. The van der Waals surface area contributed by atoms with Crippen molar-refractivity contribution < 1.29 is 32.8 Å². The van der Waals surface area contributed by atoms with Crippen LogP contribution in [-0.4, -0.2) is 76.6 Å². The van der Waals surface area contributed by atoms with E-state index in [1.807, 2.05) is 0 Å². The van der Waals surface area contributed by atoms with Gasteiger partial charge in [-0.05, 0) is 14.1 Å². The van der Waals surface area contributed by atoms with Crippen LogP contribution in [0.15, 0.2) is 0 Å². The third-order valence-corrected chi connectivity index (χ3v) is 5.89. The molecule has 1 unspecified atom stereocenters. The van der Waals surface area contributed by atoms with Crippen LogP contribution >= 0.6 is 7.49 Å². The Morgan fingerprint density at radius 1 is 1.10 bits per heavy atom. The summed E-state index contributed by atoms with van der Waals surface area (Å²) in [5, 5.41) is -0.00292. The van der Waals surface area contributed by atoms with Crippen molar-refractivity contribution in [1.29, 1.82) is 0 Å². The van der Waals surface area contributed by atoms with E-state index in [1.54, 1.807) is 18.8 Å². The van der Waals surface area contributed by atoms with Crippen LogP contribution in [0.1, 0.15) is 0 Å². The molecule has 0 spiro atoms. The molecular weight excluding hydrogens is 289 g/mol. The molecule has 8 nitrogen and oxygen atoms in total. The molecule has 1 fully saturated rings. The summed E-state index contributed by atoms with van der Waals surface area (Å²) < 4.78 is 27.5. The number of hydrogen-bond acceptors (Lipinski definition) is 8. The lowest BCUT2D eigenvalue weighted by atomic mass is 10.2. The minimum Gasteiger partial charge on any atom is -0.467 e. The van der Waals surface area contributed by atoms with Crippen LogP contribution in [0, 0.1) is 0 Å². The Morgan fingerprint density at radius 3 is 2.00 bits per heavy atom. The van der Waals surface area contributed by atoms with Gasteiger partial charge in [0.15, 0.2) is 6.10 Å². The van der Waals surface area contributed by atoms with Gasteiger partial charge in [0, 0.05) is 7.11 Å². The predicted octanol–water partition coefficient (Wildman–Crippen LogP) is -0.109. The van der Waals surface area contributed by atoms with Gasteiger partial charge >= 0.3 is 11.9 Å². The van der Waals surface area contributed by atoms with Gasteiger partial charge in [0.1, 0.15) is 5.29 Å². The minimum absolute atomic E-state index is 0.00292. The number of carbonyl (C=O) groups is 2. The van der Waals surface area contributed by atoms with Crippen LogP contribution in [0.4, 0.5) is 0 Å². The molecule has 0 amide bonds. The second-order valence-corrected chi connectivity index (χ2v) is 6.89. The van der Waals surface area contributed by atoms with Gasteiger partial charge in [-0.3, -0.25) is 0 Å². The van der Waals surface area contributed by atoms with Crippen molar-refractivity contribution in [3.63, 3.8) is 0 Å².